The largest absolute Gasteiger partial charge is 0.462 e. The number of likely N-dealkylation sites (N-methyl/N-ethyl adjacent to an activating group) is 1. The lowest BCUT2D eigenvalue weighted by atomic mass is 9.92. The quantitative estimate of drug-likeness (QED) is 0.780. The molecule has 0 aromatic heterocycles. The highest BCUT2D eigenvalue weighted by Crippen LogP contribution is 2.25. The molecule has 0 aliphatic carbocycles. The number of hydrogen-bond acceptors (Lipinski definition) is 3. The first-order valence-electron chi connectivity index (χ1n) is 6.18. The van der Waals surface area contributed by atoms with Gasteiger partial charge in [0.05, 0.1) is 6.10 Å². The fourth-order valence-electron chi connectivity index (χ4n) is 2.37. The maximum atomic E-state index is 12.4. The zero-order valence-corrected chi connectivity index (χ0v) is 10.4. The molecule has 0 radical (unpaired) electrons. The third-order valence-electron chi connectivity index (χ3n) is 3.23. The fourth-order valence-corrected chi connectivity index (χ4v) is 2.37. The minimum absolute atomic E-state index is 0.0478. The molecule has 3 nitrogen and oxygen atoms in total. The van der Waals surface area contributed by atoms with Crippen LogP contribution < -0.4 is 5.32 Å². The van der Waals surface area contributed by atoms with E-state index in [1.807, 2.05) is 0 Å². The van der Waals surface area contributed by atoms with Gasteiger partial charge in [0, 0.05) is 6.42 Å². The second-order valence-corrected chi connectivity index (χ2v) is 4.75. The molecule has 1 N–H and O–H groups in total. The monoisotopic (exact) mass is 249 g/mol. The molecule has 100 valence electrons. The standard InChI is InChI=1S/C12H21F2NO2/c1-8-6-9(7-11(13)14)4-3-5-10(15-2)12(16)17-8/h8-11,15H,3-7H2,1-2H3/t8?,9?,10-/m0/s1. The van der Waals surface area contributed by atoms with Crippen LogP contribution >= 0.6 is 0 Å². The van der Waals surface area contributed by atoms with Crippen molar-refractivity contribution in [1.29, 1.82) is 0 Å². The van der Waals surface area contributed by atoms with Crippen LogP contribution in [-0.2, 0) is 9.53 Å². The van der Waals surface area contributed by atoms with Crippen LogP contribution in [0.5, 0.6) is 0 Å². The molecule has 2 unspecified atom stereocenters. The number of cyclic esters (lactones) is 1. The SMILES string of the molecule is CN[C@H]1CCCC(CC(F)F)CC(C)OC1=O. The summed E-state index contributed by atoms with van der Waals surface area (Å²) in [4.78, 5) is 11.7. The summed E-state index contributed by atoms with van der Waals surface area (Å²) in [5, 5.41) is 2.90. The van der Waals surface area contributed by atoms with Gasteiger partial charge in [-0.3, -0.25) is 4.79 Å². The summed E-state index contributed by atoms with van der Waals surface area (Å²) < 4.78 is 30.0. The summed E-state index contributed by atoms with van der Waals surface area (Å²) in [6.45, 7) is 1.77. The summed E-state index contributed by atoms with van der Waals surface area (Å²) >= 11 is 0. The lowest BCUT2D eigenvalue weighted by molar-refractivity contribution is -0.151. The number of nitrogens with one attached hydrogen (secondary N) is 1. The molecular weight excluding hydrogens is 228 g/mol. The molecule has 1 saturated heterocycles. The molecule has 0 bridgehead atoms. The van der Waals surface area contributed by atoms with E-state index in [9.17, 15) is 13.6 Å². The average Bonchev–Trinajstić information content (AvgIpc) is 2.27. The normalized spacial score (nSPS) is 31.6. The minimum atomic E-state index is -2.27. The zero-order chi connectivity index (χ0) is 12.8. The Hall–Kier alpha value is -0.710. The fraction of sp³-hybridized carbons (Fsp3) is 0.917. The molecule has 3 atom stereocenters. The first-order chi connectivity index (χ1) is 8.02. The van der Waals surface area contributed by atoms with Crippen molar-refractivity contribution in [3.05, 3.63) is 0 Å². The predicted octanol–water partition coefficient (Wildman–Crippen LogP) is 2.35. The van der Waals surface area contributed by atoms with Gasteiger partial charge in [0.15, 0.2) is 0 Å². The first-order valence-corrected chi connectivity index (χ1v) is 6.18. The number of carbonyl (C=O) groups is 1. The Balaban J connectivity index is 2.58. The highest BCUT2D eigenvalue weighted by atomic mass is 19.3. The lowest BCUT2D eigenvalue weighted by Gasteiger charge is -2.19. The maximum absolute atomic E-state index is 12.4. The van der Waals surface area contributed by atoms with Crippen molar-refractivity contribution in [2.45, 2.75) is 57.6 Å². The van der Waals surface area contributed by atoms with Gasteiger partial charge in [-0.15, -0.1) is 0 Å². The average molecular weight is 249 g/mol. The molecule has 0 aromatic rings. The van der Waals surface area contributed by atoms with Crippen LogP contribution in [0, 0.1) is 5.92 Å². The molecule has 1 rings (SSSR count). The zero-order valence-electron chi connectivity index (χ0n) is 10.4. The Morgan fingerprint density at radius 1 is 1.47 bits per heavy atom. The number of alkyl halides is 2. The minimum Gasteiger partial charge on any atom is -0.462 e. The van der Waals surface area contributed by atoms with E-state index in [4.69, 9.17) is 4.74 Å². The van der Waals surface area contributed by atoms with Gasteiger partial charge in [-0.1, -0.05) is 12.8 Å². The molecule has 1 fully saturated rings. The van der Waals surface area contributed by atoms with Gasteiger partial charge in [0.25, 0.3) is 0 Å². The highest BCUT2D eigenvalue weighted by molar-refractivity contribution is 5.75. The first kappa shape index (κ1) is 14.4. The van der Waals surface area contributed by atoms with E-state index >= 15 is 0 Å². The molecule has 0 spiro atoms. The molecule has 0 amide bonds. The van der Waals surface area contributed by atoms with Crippen LogP contribution in [0.4, 0.5) is 8.78 Å². The summed E-state index contributed by atoms with van der Waals surface area (Å²) in [6.07, 6.45) is 0.0678. The Bertz CT molecular complexity index is 249. The molecule has 5 heteroatoms. The third-order valence-corrected chi connectivity index (χ3v) is 3.23. The van der Waals surface area contributed by atoms with Crippen molar-refractivity contribution in [2.24, 2.45) is 5.92 Å². The van der Waals surface area contributed by atoms with Gasteiger partial charge < -0.3 is 10.1 Å². The topological polar surface area (TPSA) is 38.3 Å². The van der Waals surface area contributed by atoms with Crippen molar-refractivity contribution in [1.82, 2.24) is 5.32 Å². The Labute approximate surface area is 101 Å². The van der Waals surface area contributed by atoms with E-state index in [-0.39, 0.29) is 30.5 Å². The van der Waals surface area contributed by atoms with Gasteiger partial charge in [0.2, 0.25) is 6.43 Å². The van der Waals surface area contributed by atoms with Crippen LogP contribution in [0.25, 0.3) is 0 Å². The van der Waals surface area contributed by atoms with Crippen molar-refractivity contribution >= 4 is 5.97 Å². The van der Waals surface area contributed by atoms with E-state index in [0.29, 0.717) is 12.8 Å². The van der Waals surface area contributed by atoms with Crippen LogP contribution in [0.3, 0.4) is 0 Å². The lowest BCUT2D eigenvalue weighted by Crippen LogP contribution is -2.36. The third kappa shape index (κ3) is 4.98. The van der Waals surface area contributed by atoms with Crippen molar-refractivity contribution in [3.63, 3.8) is 0 Å². The van der Waals surface area contributed by atoms with E-state index in [1.54, 1.807) is 14.0 Å². The predicted molar refractivity (Wildman–Crippen MR) is 61.0 cm³/mol. The highest BCUT2D eigenvalue weighted by Gasteiger charge is 2.26. The van der Waals surface area contributed by atoms with Crippen molar-refractivity contribution in [2.75, 3.05) is 7.05 Å². The Kier molecular flexibility index (Phi) is 5.82. The number of hydrogen-bond donors (Lipinski definition) is 1. The number of halogens is 2. The molecule has 0 saturated carbocycles. The van der Waals surface area contributed by atoms with E-state index < -0.39 is 6.43 Å². The molecule has 1 heterocycles. The van der Waals surface area contributed by atoms with Gasteiger partial charge in [-0.25, -0.2) is 8.78 Å². The summed E-state index contributed by atoms with van der Waals surface area (Å²) in [7, 11) is 1.71. The number of esters is 1. The van der Waals surface area contributed by atoms with Gasteiger partial charge in [-0.2, -0.15) is 0 Å². The second kappa shape index (κ2) is 6.89. The number of rotatable bonds is 3. The molecule has 1 aliphatic heterocycles. The molecule has 1 aliphatic rings. The van der Waals surface area contributed by atoms with Crippen LogP contribution in [0.2, 0.25) is 0 Å². The van der Waals surface area contributed by atoms with E-state index in [0.717, 1.165) is 12.8 Å². The van der Waals surface area contributed by atoms with Crippen molar-refractivity contribution < 1.29 is 18.3 Å². The summed E-state index contributed by atoms with van der Waals surface area (Å²) in [5.74, 6) is -0.314. The summed E-state index contributed by atoms with van der Waals surface area (Å²) in [5.41, 5.74) is 0. The van der Waals surface area contributed by atoms with Gasteiger partial charge in [-0.05, 0) is 32.7 Å². The van der Waals surface area contributed by atoms with Crippen LogP contribution in [-0.4, -0.2) is 31.6 Å². The van der Waals surface area contributed by atoms with Crippen molar-refractivity contribution in [3.8, 4) is 0 Å². The number of carbonyl (C=O) groups excluding carboxylic acids is 1. The van der Waals surface area contributed by atoms with Crippen LogP contribution in [0.1, 0.15) is 39.0 Å². The van der Waals surface area contributed by atoms with Gasteiger partial charge in [0.1, 0.15) is 6.04 Å². The maximum Gasteiger partial charge on any atom is 0.323 e. The molecule has 0 aromatic carbocycles. The molecular formula is C12H21F2NO2. The Morgan fingerprint density at radius 2 is 2.18 bits per heavy atom. The second-order valence-electron chi connectivity index (χ2n) is 4.75. The van der Waals surface area contributed by atoms with Gasteiger partial charge >= 0.3 is 5.97 Å². The van der Waals surface area contributed by atoms with E-state index in [1.165, 1.54) is 0 Å². The van der Waals surface area contributed by atoms with E-state index in [2.05, 4.69) is 5.32 Å². The smallest absolute Gasteiger partial charge is 0.323 e. The van der Waals surface area contributed by atoms with Crippen LogP contribution in [0.15, 0.2) is 0 Å². The molecule has 17 heavy (non-hydrogen) atoms. The summed E-state index contributed by atoms with van der Waals surface area (Å²) in [6, 6.07) is -0.303. The Morgan fingerprint density at radius 3 is 2.76 bits per heavy atom. The number of ether oxygens (including phenoxy) is 1.